The largest absolute Gasteiger partial charge is 0.343 e. The number of carbonyl (C=O) groups is 1. The van der Waals surface area contributed by atoms with Gasteiger partial charge in [-0.25, -0.2) is 0 Å². The van der Waals surface area contributed by atoms with Crippen LogP contribution in [-0.2, 0) is 4.79 Å². The molecule has 0 saturated heterocycles. The molecule has 26 heavy (non-hydrogen) atoms. The summed E-state index contributed by atoms with van der Waals surface area (Å²) in [6.07, 6.45) is 17.1. The van der Waals surface area contributed by atoms with E-state index in [9.17, 15) is 4.79 Å². The Morgan fingerprint density at radius 2 is 1.12 bits per heavy atom. The van der Waals surface area contributed by atoms with Gasteiger partial charge in [0.2, 0.25) is 5.91 Å². The SMILES string of the molecule is CCCCCCCC(=O)N(CCCCCC(C)C)CCCCCC(C)C. The molecule has 156 valence electrons. The predicted octanol–water partition coefficient (Wildman–Crippen LogP) is 7.61. The molecule has 0 aromatic heterocycles. The van der Waals surface area contributed by atoms with Crippen molar-refractivity contribution in [1.29, 1.82) is 0 Å². The lowest BCUT2D eigenvalue weighted by Crippen LogP contribution is -2.32. The molecule has 0 fully saturated rings. The molecule has 0 aliphatic heterocycles. The summed E-state index contributed by atoms with van der Waals surface area (Å²) in [5.41, 5.74) is 0. The van der Waals surface area contributed by atoms with Crippen molar-refractivity contribution in [3.63, 3.8) is 0 Å². The molecule has 1 amide bonds. The third kappa shape index (κ3) is 16.9. The van der Waals surface area contributed by atoms with E-state index in [0.29, 0.717) is 5.91 Å². The van der Waals surface area contributed by atoms with Gasteiger partial charge in [0.25, 0.3) is 0 Å². The van der Waals surface area contributed by atoms with Crippen molar-refractivity contribution in [1.82, 2.24) is 4.90 Å². The Bertz CT molecular complexity index is 293. The van der Waals surface area contributed by atoms with Crippen molar-refractivity contribution >= 4 is 5.91 Å². The summed E-state index contributed by atoms with van der Waals surface area (Å²) in [6, 6.07) is 0. The van der Waals surface area contributed by atoms with E-state index in [2.05, 4.69) is 39.5 Å². The molecule has 0 saturated carbocycles. The van der Waals surface area contributed by atoms with Gasteiger partial charge in [0, 0.05) is 19.5 Å². The van der Waals surface area contributed by atoms with Gasteiger partial charge in [-0.15, -0.1) is 0 Å². The molecule has 2 heteroatoms. The maximum absolute atomic E-state index is 12.6. The number of amides is 1. The highest BCUT2D eigenvalue weighted by molar-refractivity contribution is 5.76. The maximum Gasteiger partial charge on any atom is 0.222 e. The zero-order valence-corrected chi connectivity index (χ0v) is 18.8. The summed E-state index contributed by atoms with van der Waals surface area (Å²) in [5.74, 6) is 2.02. The molecule has 0 aromatic carbocycles. The van der Waals surface area contributed by atoms with E-state index in [1.165, 1.54) is 77.0 Å². The average molecular weight is 368 g/mol. The number of unbranched alkanes of at least 4 members (excludes halogenated alkanes) is 8. The summed E-state index contributed by atoms with van der Waals surface area (Å²) >= 11 is 0. The first kappa shape index (κ1) is 25.5. The summed E-state index contributed by atoms with van der Waals surface area (Å²) in [4.78, 5) is 14.8. The van der Waals surface area contributed by atoms with Crippen molar-refractivity contribution in [3.8, 4) is 0 Å². The number of rotatable bonds is 18. The fourth-order valence-corrected chi connectivity index (χ4v) is 3.46. The smallest absolute Gasteiger partial charge is 0.222 e. The van der Waals surface area contributed by atoms with E-state index in [1.807, 2.05) is 0 Å². The Morgan fingerprint density at radius 1 is 0.654 bits per heavy atom. The molecule has 0 atom stereocenters. The lowest BCUT2D eigenvalue weighted by Gasteiger charge is -2.23. The van der Waals surface area contributed by atoms with Gasteiger partial charge in [0.1, 0.15) is 0 Å². The Hall–Kier alpha value is -0.530. The van der Waals surface area contributed by atoms with Crippen molar-refractivity contribution in [2.45, 2.75) is 125 Å². The van der Waals surface area contributed by atoms with Crippen LogP contribution in [0, 0.1) is 11.8 Å². The van der Waals surface area contributed by atoms with Crippen molar-refractivity contribution < 1.29 is 4.79 Å². The van der Waals surface area contributed by atoms with Crippen LogP contribution in [0.1, 0.15) is 125 Å². The van der Waals surface area contributed by atoms with Gasteiger partial charge in [-0.3, -0.25) is 4.79 Å². The highest BCUT2D eigenvalue weighted by atomic mass is 16.2. The van der Waals surface area contributed by atoms with Crippen LogP contribution in [0.4, 0.5) is 0 Å². The zero-order chi connectivity index (χ0) is 19.6. The van der Waals surface area contributed by atoms with Gasteiger partial charge >= 0.3 is 0 Å². The summed E-state index contributed by atoms with van der Waals surface area (Å²) in [7, 11) is 0. The minimum Gasteiger partial charge on any atom is -0.343 e. The van der Waals surface area contributed by atoms with Crippen LogP contribution < -0.4 is 0 Å². The molecule has 0 radical (unpaired) electrons. The van der Waals surface area contributed by atoms with Crippen LogP contribution in [0.25, 0.3) is 0 Å². The molecule has 0 aromatic rings. The van der Waals surface area contributed by atoms with Crippen molar-refractivity contribution in [2.24, 2.45) is 11.8 Å². The molecule has 0 aliphatic carbocycles. The lowest BCUT2D eigenvalue weighted by molar-refractivity contribution is -0.131. The molecule has 0 bridgehead atoms. The molecular formula is C24H49NO. The molecule has 0 aliphatic rings. The van der Waals surface area contributed by atoms with Crippen LogP contribution in [0.3, 0.4) is 0 Å². The Labute approximate surface area is 165 Å². The third-order valence-corrected chi connectivity index (χ3v) is 5.27. The van der Waals surface area contributed by atoms with E-state index < -0.39 is 0 Å². The summed E-state index contributed by atoms with van der Waals surface area (Å²) in [5, 5.41) is 0. The van der Waals surface area contributed by atoms with Crippen LogP contribution >= 0.6 is 0 Å². The second kappa shape index (κ2) is 17.9. The first-order valence-corrected chi connectivity index (χ1v) is 11.7. The van der Waals surface area contributed by atoms with Crippen molar-refractivity contribution in [3.05, 3.63) is 0 Å². The van der Waals surface area contributed by atoms with Crippen LogP contribution in [0.2, 0.25) is 0 Å². The maximum atomic E-state index is 12.6. The van der Waals surface area contributed by atoms with Gasteiger partial charge in [-0.1, -0.05) is 98.8 Å². The topological polar surface area (TPSA) is 20.3 Å². The highest BCUT2D eigenvalue weighted by Gasteiger charge is 2.12. The number of hydrogen-bond donors (Lipinski definition) is 0. The van der Waals surface area contributed by atoms with Gasteiger partial charge < -0.3 is 4.90 Å². The van der Waals surface area contributed by atoms with Crippen LogP contribution in [0.5, 0.6) is 0 Å². The second-order valence-corrected chi connectivity index (χ2v) is 9.03. The van der Waals surface area contributed by atoms with Crippen molar-refractivity contribution in [2.75, 3.05) is 13.1 Å². The molecule has 0 unspecified atom stereocenters. The minimum atomic E-state index is 0.411. The molecular weight excluding hydrogens is 318 g/mol. The standard InChI is InChI=1S/C24H49NO/c1-6-7-8-9-14-19-24(26)25(20-15-10-12-17-22(2)3)21-16-11-13-18-23(4)5/h22-23H,6-21H2,1-5H3. The minimum absolute atomic E-state index is 0.411. The van der Waals surface area contributed by atoms with E-state index in [4.69, 9.17) is 0 Å². The Balaban J connectivity index is 4.10. The van der Waals surface area contributed by atoms with E-state index in [-0.39, 0.29) is 0 Å². The summed E-state index contributed by atoms with van der Waals surface area (Å²) in [6.45, 7) is 13.4. The Kier molecular flexibility index (Phi) is 17.5. The number of carbonyl (C=O) groups excluding carboxylic acids is 1. The highest BCUT2D eigenvalue weighted by Crippen LogP contribution is 2.13. The van der Waals surface area contributed by atoms with Gasteiger partial charge in [-0.2, -0.15) is 0 Å². The van der Waals surface area contributed by atoms with E-state index in [0.717, 1.165) is 37.8 Å². The lowest BCUT2D eigenvalue weighted by atomic mass is 10.0. The molecule has 2 nitrogen and oxygen atoms in total. The fourth-order valence-electron chi connectivity index (χ4n) is 3.46. The number of nitrogens with zero attached hydrogens (tertiary/aromatic N) is 1. The number of hydrogen-bond acceptors (Lipinski definition) is 1. The molecule has 0 spiro atoms. The monoisotopic (exact) mass is 367 g/mol. The van der Waals surface area contributed by atoms with E-state index >= 15 is 0 Å². The van der Waals surface area contributed by atoms with Crippen LogP contribution in [-0.4, -0.2) is 23.9 Å². The van der Waals surface area contributed by atoms with E-state index in [1.54, 1.807) is 0 Å². The van der Waals surface area contributed by atoms with Gasteiger partial charge in [-0.05, 0) is 31.1 Å². The normalized spacial score (nSPS) is 11.5. The molecule has 0 heterocycles. The predicted molar refractivity (Wildman–Crippen MR) is 117 cm³/mol. The van der Waals surface area contributed by atoms with Gasteiger partial charge in [0.15, 0.2) is 0 Å². The molecule has 0 N–H and O–H groups in total. The van der Waals surface area contributed by atoms with Gasteiger partial charge in [0.05, 0.1) is 0 Å². The first-order valence-electron chi connectivity index (χ1n) is 11.7. The fraction of sp³-hybridized carbons (Fsp3) is 0.958. The first-order chi connectivity index (χ1) is 12.5. The third-order valence-electron chi connectivity index (χ3n) is 5.27. The molecule has 0 rings (SSSR count). The average Bonchev–Trinajstić information content (AvgIpc) is 2.58. The quantitative estimate of drug-likeness (QED) is 0.228. The second-order valence-electron chi connectivity index (χ2n) is 9.03. The zero-order valence-electron chi connectivity index (χ0n) is 18.8. The van der Waals surface area contributed by atoms with Crippen LogP contribution in [0.15, 0.2) is 0 Å². The summed E-state index contributed by atoms with van der Waals surface area (Å²) < 4.78 is 0. The Morgan fingerprint density at radius 3 is 1.58 bits per heavy atom.